The molecule has 0 amide bonds. The number of hydrogen-bond acceptors (Lipinski definition) is 1. The molecule has 0 saturated heterocycles. The summed E-state index contributed by atoms with van der Waals surface area (Å²) in [5.74, 6) is -0.225. The quantitative estimate of drug-likeness (QED) is 0.438. The molecule has 3 aromatic carbocycles. The molecule has 4 rings (SSSR count). The minimum absolute atomic E-state index is 0.225. The second-order valence-corrected chi connectivity index (χ2v) is 6.12. The van der Waals surface area contributed by atoms with Crippen LogP contribution in [-0.2, 0) is 6.42 Å². The number of aromatic nitrogens is 1. The molecule has 0 saturated carbocycles. The Kier molecular flexibility index (Phi) is 3.53. The maximum Gasteiger partial charge on any atom is 0.132 e. The summed E-state index contributed by atoms with van der Waals surface area (Å²) in [4.78, 5) is 4.49. The Balaban J connectivity index is 2.20. The number of pyridine rings is 1. The maximum absolute atomic E-state index is 14.2. The van der Waals surface area contributed by atoms with Crippen molar-refractivity contribution < 1.29 is 4.39 Å². The van der Waals surface area contributed by atoms with E-state index in [4.69, 9.17) is 0 Å². The largest absolute Gasteiger partial charge is 0.255 e. The van der Waals surface area contributed by atoms with Crippen LogP contribution in [0.15, 0.2) is 60.8 Å². The lowest BCUT2D eigenvalue weighted by atomic mass is 9.88. The molecular weight excluding hydrogens is 297 g/mol. The molecule has 0 N–H and O–H groups in total. The van der Waals surface area contributed by atoms with Crippen LogP contribution in [0, 0.1) is 12.7 Å². The van der Waals surface area contributed by atoms with Crippen molar-refractivity contribution in [3.8, 4) is 11.1 Å². The lowest BCUT2D eigenvalue weighted by Crippen LogP contribution is -1.96. The van der Waals surface area contributed by atoms with E-state index in [2.05, 4.69) is 49.2 Å². The predicted molar refractivity (Wildman–Crippen MR) is 98.8 cm³/mol. The maximum atomic E-state index is 14.2. The second kappa shape index (κ2) is 5.72. The highest BCUT2D eigenvalue weighted by Gasteiger charge is 2.16. The molecule has 0 aliphatic heterocycles. The predicted octanol–water partition coefficient (Wildman–Crippen LogP) is 6.06. The zero-order chi connectivity index (χ0) is 16.7. The zero-order valence-electron chi connectivity index (χ0n) is 13.8. The number of aryl methyl sites for hydroxylation is 1. The summed E-state index contributed by atoms with van der Waals surface area (Å²) in [6, 6.07) is 17.6. The Bertz CT molecular complexity index is 1070. The molecule has 0 spiro atoms. The van der Waals surface area contributed by atoms with Gasteiger partial charge in [-0.3, -0.25) is 4.98 Å². The van der Waals surface area contributed by atoms with E-state index in [0.717, 1.165) is 17.5 Å². The molecule has 0 bridgehead atoms. The molecular formula is C22H18FN. The molecule has 2 heteroatoms. The van der Waals surface area contributed by atoms with Gasteiger partial charge < -0.3 is 0 Å². The smallest absolute Gasteiger partial charge is 0.132 e. The van der Waals surface area contributed by atoms with E-state index in [0.29, 0.717) is 5.39 Å². The van der Waals surface area contributed by atoms with Crippen LogP contribution in [0.4, 0.5) is 4.39 Å². The van der Waals surface area contributed by atoms with Crippen molar-refractivity contribution in [2.24, 2.45) is 0 Å². The van der Waals surface area contributed by atoms with Gasteiger partial charge >= 0.3 is 0 Å². The minimum atomic E-state index is -0.225. The normalized spacial score (nSPS) is 11.3. The van der Waals surface area contributed by atoms with E-state index in [1.807, 2.05) is 6.07 Å². The molecule has 1 nitrogen and oxygen atoms in total. The van der Waals surface area contributed by atoms with E-state index in [1.54, 1.807) is 24.4 Å². The molecule has 4 aromatic rings. The minimum Gasteiger partial charge on any atom is -0.255 e. The van der Waals surface area contributed by atoms with Crippen molar-refractivity contribution in [1.82, 2.24) is 4.98 Å². The topological polar surface area (TPSA) is 12.9 Å². The van der Waals surface area contributed by atoms with Crippen LogP contribution in [-0.4, -0.2) is 4.98 Å². The monoisotopic (exact) mass is 315 g/mol. The molecule has 0 unspecified atom stereocenters. The zero-order valence-corrected chi connectivity index (χ0v) is 13.8. The average Bonchev–Trinajstić information content (AvgIpc) is 2.61. The fourth-order valence-corrected chi connectivity index (χ4v) is 3.63. The average molecular weight is 315 g/mol. The van der Waals surface area contributed by atoms with Gasteiger partial charge in [-0.15, -0.1) is 0 Å². The van der Waals surface area contributed by atoms with Crippen molar-refractivity contribution in [2.45, 2.75) is 20.3 Å². The fraction of sp³-hybridized carbons (Fsp3) is 0.136. The fourth-order valence-electron chi connectivity index (χ4n) is 3.63. The Morgan fingerprint density at radius 3 is 2.58 bits per heavy atom. The SMILES string of the molecule is CCc1c(C)cc2ccccc2c1-c1ccc(F)c2cccnc12. The van der Waals surface area contributed by atoms with Gasteiger partial charge in [0, 0.05) is 17.1 Å². The summed E-state index contributed by atoms with van der Waals surface area (Å²) < 4.78 is 14.2. The molecule has 118 valence electrons. The Labute approximate surface area is 140 Å². The summed E-state index contributed by atoms with van der Waals surface area (Å²) >= 11 is 0. The first-order valence-electron chi connectivity index (χ1n) is 8.25. The highest BCUT2D eigenvalue weighted by Crippen LogP contribution is 2.38. The number of nitrogens with zero attached hydrogens (tertiary/aromatic N) is 1. The lowest BCUT2D eigenvalue weighted by Gasteiger charge is -2.17. The summed E-state index contributed by atoms with van der Waals surface area (Å²) in [7, 11) is 0. The standard InChI is InChI=1S/C22H18FN/c1-3-16-14(2)13-15-7-4-5-8-17(15)21(16)19-10-11-20(23)18-9-6-12-24-22(18)19/h4-13H,3H2,1-2H3. The first-order valence-corrected chi connectivity index (χ1v) is 8.25. The summed E-state index contributed by atoms with van der Waals surface area (Å²) in [5, 5.41) is 2.97. The highest BCUT2D eigenvalue weighted by molar-refractivity contribution is 6.05. The number of rotatable bonds is 2. The second-order valence-electron chi connectivity index (χ2n) is 6.12. The first kappa shape index (κ1) is 14.8. The van der Waals surface area contributed by atoms with Crippen LogP contribution in [0.3, 0.4) is 0 Å². The Hall–Kier alpha value is -2.74. The molecule has 1 heterocycles. The van der Waals surface area contributed by atoms with Gasteiger partial charge in [-0.25, -0.2) is 4.39 Å². The van der Waals surface area contributed by atoms with Crippen LogP contribution >= 0.6 is 0 Å². The van der Waals surface area contributed by atoms with Gasteiger partial charge in [-0.2, -0.15) is 0 Å². The third kappa shape index (κ3) is 2.18. The van der Waals surface area contributed by atoms with Crippen LogP contribution < -0.4 is 0 Å². The van der Waals surface area contributed by atoms with E-state index < -0.39 is 0 Å². The highest BCUT2D eigenvalue weighted by atomic mass is 19.1. The molecule has 0 atom stereocenters. The first-order chi connectivity index (χ1) is 11.7. The number of halogens is 1. The van der Waals surface area contributed by atoms with Crippen LogP contribution in [0.1, 0.15) is 18.1 Å². The van der Waals surface area contributed by atoms with Crippen LogP contribution in [0.25, 0.3) is 32.8 Å². The summed E-state index contributed by atoms with van der Waals surface area (Å²) in [6.07, 6.45) is 2.66. The van der Waals surface area contributed by atoms with Gasteiger partial charge in [-0.05, 0) is 65.1 Å². The van der Waals surface area contributed by atoms with Crippen molar-refractivity contribution in [3.05, 3.63) is 77.7 Å². The van der Waals surface area contributed by atoms with Gasteiger partial charge in [0.25, 0.3) is 0 Å². The van der Waals surface area contributed by atoms with E-state index in [1.165, 1.54) is 27.5 Å². The summed E-state index contributed by atoms with van der Waals surface area (Å²) in [6.45, 7) is 4.31. The third-order valence-electron chi connectivity index (χ3n) is 4.72. The van der Waals surface area contributed by atoms with E-state index in [9.17, 15) is 4.39 Å². The molecule has 0 radical (unpaired) electrons. The van der Waals surface area contributed by atoms with E-state index in [-0.39, 0.29) is 5.82 Å². The number of benzene rings is 3. The lowest BCUT2D eigenvalue weighted by molar-refractivity contribution is 0.639. The van der Waals surface area contributed by atoms with E-state index >= 15 is 0 Å². The van der Waals surface area contributed by atoms with Crippen molar-refractivity contribution in [3.63, 3.8) is 0 Å². The third-order valence-corrected chi connectivity index (χ3v) is 4.72. The molecule has 0 aliphatic carbocycles. The van der Waals surface area contributed by atoms with Crippen molar-refractivity contribution in [1.29, 1.82) is 0 Å². The van der Waals surface area contributed by atoms with Crippen molar-refractivity contribution >= 4 is 21.7 Å². The van der Waals surface area contributed by atoms with Crippen molar-refractivity contribution in [2.75, 3.05) is 0 Å². The molecule has 0 aliphatic rings. The summed E-state index contributed by atoms with van der Waals surface area (Å²) in [5.41, 5.74) is 5.47. The molecule has 1 aromatic heterocycles. The van der Waals surface area contributed by atoms with Gasteiger partial charge in [0.2, 0.25) is 0 Å². The Morgan fingerprint density at radius 1 is 0.958 bits per heavy atom. The van der Waals surface area contributed by atoms with Gasteiger partial charge in [0.1, 0.15) is 5.82 Å². The van der Waals surface area contributed by atoms with Crippen LogP contribution in [0.2, 0.25) is 0 Å². The van der Waals surface area contributed by atoms with Gasteiger partial charge in [0.05, 0.1) is 5.52 Å². The number of fused-ring (bicyclic) bond motifs is 2. The van der Waals surface area contributed by atoms with Gasteiger partial charge in [-0.1, -0.05) is 37.3 Å². The van der Waals surface area contributed by atoms with Crippen LogP contribution in [0.5, 0.6) is 0 Å². The number of hydrogen-bond donors (Lipinski definition) is 0. The Morgan fingerprint density at radius 2 is 1.75 bits per heavy atom. The van der Waals surface area contributed by atoms with Gasteiger partial charge in [0.15, 0.2) is 0 Å². The molecule has 24 heavy (non-hydrogen) atoms. The molecule has 0 fully saturated rings.